The van der Waals surface area contributed by atoms with Crippen molar-refractivity contribution in [1.82, 2.24) is 10.6 Å². The monoisotopic (exact) mass is 344 g/mol. The Labute approximate surface area is 134 Å². The number of hydrogen-bond donors (Lipinski definition) is 2. The maximum atomic E-state index is 13.0. The summed E-state index contributed by atoms with van der Waals surface area (Å²) in [4.78, 5) is 12.1. The largest absolute Gasteiger partial charge is 0.392 e. The predicted octanol–water partition coefficient (Wildman–Crippen LogP) is 2.27. The smallest absolute Gasteiger partial charge is 0.375 e. The standard InChI is InChI=1S/C14H23F3N2O2.ClH/c1-9-12(18-6-7-21-9)13(20)19-8-10-4-2-3-5-11(10)14(15,16)17;/h9-12,18H,2-8H2,1H3,(H,19,20);1H/t9-,10?,11?,12+;/m1./s1. The third-order valence-electron chi connectivity index (χ3n) is 4.47. The molecule has 0 aromatic rings. The summed E-state index contributed by atoms with van der Waals surface area (Å²) in [7, 11) is 0. The van der Waals surface area contributed by atoms with Gasteiger partial charge >= 0.3 is 6.18 Å². The van der Waals surface area contributed by atoms with Gasteiger partial charge in [-0.15, -0.1) is 12.4 Å². The van der Waals surface area contributed by atoms with Crippen molar-refractivity contribution in [3.8, 4) is 0 Å². The van der Waals surface area contributed by atoms with Crippen molar-refractivity contribution in [2.45, 2.75) is 50.9 Å². The molecule has 1 amide bonds. The molecule has 0 radical (unpaired) electrons. The second-order valence-electron chi connectivity index (χ2n) is 5.95. The van der Waals surface area contributed by atoms with Crippen LogP contribution in [-0.2, 0) is 9.53 Å². The van der Waals surface area contributed by atoms with E-state index in [4.69, 9.17) is 4.74 Å². The lowest BCUT2D eigenvalue weighted by Gasteiger charge is -2.34. The number of halogens is 4. The van der Waals surface area contributed by atoms with Crippen LogP contribution in [0.4, 0.5) is 13.2 Å². The van der Waals surface area contributed by atoms with Gasteiger partial charge in [0.25, 0.3) is 0 Å². The lowest BCUT2D eigenvalue weighted by atomic mass is 9.78. The molecule has 1 saturated carbocycles. The molecular weight excluding hydrogens is 321 g/mol. The molecule has 0 aromatic heterocycles. The summed E-state index contributed by atoms with van der Waals surface area (Å²) < 4.78 is 44.3. The van der Waals surface area contributed by atoms with Crippen molar-refractivity contribution in [3.63, 3.8) is 0 Å². The number of morpholine rings is 1. The molecule has 1 heterocycles. The van der Waals surface area contributed by atoms with E-state index in [2.05, 4.69) is 10.6 Å². The fourth-order valence-electron chi connectivity index (χ4n) is 3.25. The molecule has 4 nitrogen and oxygen atoms in total. The molecule has 2 aliphatic rings. The Morgan fingerprint density at radius 2 is 2.00 bits per heavy atom. The Morgan fingerprint density at radius 1 is 1.32 bits per heavy atom. The molecule has 8 heteroatoms. The molecule has 0 bridgehead atoms. The van der Waals surface area contributed by atoms with Crippen LogP contribution in [0.25, 0.3) is 0 Å². The highest BCUT2D eigenvalue weighted by Crippen LogP contribution is 2.41. The molecule has 2 unspecified atom stereocenters. The number of hydrogen-bond acceptors (Lipinski definition) is 3. The molecule has 1 saturated heterocycles. The van der Waals surface area contributed by atoms with Gasteiger partial charge in [0.1, 0.15) is 6.04 Å². The van der Waals surface area contributed by atoms with Crippen LogP contribution >= 0.6 is 12.4 Å². The van der Waals surface area contributed by atoms with Gasteiger partial charge in [0.2, 0.25) is 5.91 Å². The Morgan fingerprint density at radius 3 is 2.64 bits per heavy atom. The zero-order valence-electron chi connectivity index (χ0n) is 12.6. The van der Waals surface area contributed by atoms with Gasteiger partial charge in [-0.05, 0) is 25.7 Å². The molecule has 0 aromatic carbocycles. The highest BCUT2D eigenvalue weighted by atomic mass is 35.5. The molecule has 1 aliphatic heterocycles. The van der Waals surface area contributed by atoms with Gasteiger partial charge in [0, 0.05) is 13.1 Å². The first kappa shape index (κ1) is 19.5. The maximum Gasteiger partial charge on any atom is 0.392 e. The highest BCUT2D eigenvalue weighted by Gasteiger charge is 2.45. The normalized spacial score (nSPS) is 32.9. The molecule has 2 fully saturated rings. The molecule has 22 heavy (non-hydrogen) atoms. The van der Waals surface area contributed by atoms with E-state index in [1.165, 1.54) is 0 Å². The summed E-state index contributed by atoms with van der Waals surface area (Å²) in [6.07, 6.45) is -2.32. The first-order chi connectivity index (χ1) is 9.89. The quantitative estimate of drug-likeness (QED) is 0.825. The van der Waals surface area contributed by atoms with E-state index in [-0.39, 0.29) is 37.4 Å². The van der Waals surface area contributed by atoms with E-state index in [0.717, 1.165) is 6.42 Å². The van der Waals surface area contributed by atoms with Gasteiger partial charge < -0.3 is 15.4 Å². The van der Waals surface area contributed by atoms with Crippen LogP contribution in [-0.4, -0.2) is 43.9 Å². The first-order valence-corrected chi connectivity index (χ1v) is 7.59. The number of ether oxygens (including phenoxy) is 1. The van der Waals surface area contributed by atoms with E-state index in [1.807, 2.05) is 0 Å². The number of carbonyl (C=O) groups is 1. The van der Waals surface area contributed by atoms with Crippen molar-refractivity contribution in [2.24, 2.45) is 11.8 Å². The van der Waals surface area contributed by atoms with Gasteiger partial charge in [0.05, 0.1) is 18.6 Å². The minimum absolute atomic E-state index is 0. The third kappa shape index (κ3) is 4.99. The second-order valence-corrected chi connectivity index (χ2v) is 5.95. The van der Waals surface area contributed by atoms with Crippen molar-refractivity contribution in [1.29, 1.82) is 0 Å². The van der Waals surface area contributed by atoms with Crippen LogP contribution < -0.4 is 10.6 Å². The molecule has 0 spiro atoms. The molecule has 2 N–H and O–H groups in total. The first-order valence-electron chi connectivity index (χ1n) is 7.59. The van der Waals surface area contributed by atoms with E-state index in [9.17, 15) is 18.0 Å². The van der Waals surface area contributed by atoms with Gasteiger partial charge in [-0.25, -0.2) is 0 Å². The van der Waals surface area contributed by atoms with Gasteiger partial charge in [-0.3, -0.25) is 4.79 Å². The van der Waals surface area contributed by atoms with Gasteiger partial charge in [-0.1, -0.05) is 12.8 Å². The van der Waals surface area contributed by atoms with Crippen LogP contribution in [0.15, 0.2) is 0 Å². The van der Waals surface area contributed by atoms with Crippen molar-refractivity contribution >= 4 is 18.3 Å². The molecule has 4 atom stereocenters. The molecule has 1 aliphatic carbocycles. The average molecular weight is 345 g/mol. The summed E-state index contributed by atoms with van der Waals surface area (Å²) in [6, 6.07) is -0.480. The number of alkyl halides is 3. The summed E-state index contributed by atoms with van der Waals surface area (Å²) >= 11 is 0. The Bertz CT molecular complexity index is 368. The zero-order chi connectivity index (χ0) is 15.5. The van der Waals surface area contributed by atoms with Crippen LogP contribution in [0.3, 0.4) is 0 Å². The minimum Gasteiger partial charge on any atom is -0.375 e. The predicted molar refractivity (Wildman–Crippen MR) is 79.0 cm³/mol. The van der Waals surface area contributed by atoms with Crippen LogP contribution in [0.1, 0.15) is 32.6 Å². The fraction of sp³-hybridized carbons (Fsp3) is 0.929. The van der Waals surface area contributed by atoms with E-state index in [0.29, 0.717) is 26.0 Å². The summed E-state index contributed by atoms with van der Waals surface area (Å²) in [6.45, 7) is 3.00. The number of rotatable bonds is 3. The molecule has 130 valence electrons. The summed E-state index contributed by atoms with van der Waals surface area (Å²) in [5.41, 5.74) is 0. The summed E-state index contributed by atoms with van der Waals surface area (Å²) in [5, 5.41) is 5.71. The molecular formula is C14H24ClF3N2O2. The van der Waals surface area contributed by atoms with Gasteiger partial charge in [-0.2, -0.15) is 13.2 Å². The lowest BCUT2D eigenvalue weighted by molar-refractivity contribution is -0.196. The lowest BCUT2D eigenvalue weighted by Crippen LogP contribution is -2.56. The fourth-order valence-corrected chi connectivity index (χ4v) is 3.25. The Hall–Kier alpha value is -0.530. The van der Waals surface area contributed by atoms with E-state index < -0.39 is 24.1 Å². The topological polar surface area (TPSA) is 50.4 Å². The Kier molecular flexibility index (Phi) is 7.41. The van der Waals surface area contributed by atoms with Crippen molar-refractivity contribution < 1.29 is 22.7 Å². The van der Waals surface area contributed by atoms with Gasteiger partial charge in [0.15, 0.2) is 0 Å². The van der Waals surface area contributed by atoms with Crippen LogP contribution in [0, 0.1) is 11.8 Å². The highest BCUT2D eigenvalue weighted by molar-refractivity contribution is 5.85. The van der Waals surface area contributed by atoms with Crippen LogP contribution in [0.5, 0.6) is 0 Å². The second kappa shape index (κ2) is 8.36. The number of nitrogens with one attached hydrogen (secondary N) is 2. The Balaban J connectivity index is 0.00000242. The van der Waals surface area contributed by atoms with E-state index >= 15 is 0 Å². The zero-order valence-corrected chi connectivity index (χ0v) is 13.4. The maximum absolute atomic E-state index is 13.0. The minimum atomic E-state index is -4.17. The number of amides is 1. The summed E-state index contributed by atoms with van der Waals surface area (Å²) in [5.74, 6) is -2.07. The van der Waals surface area contributed by atoms with Crippen LogP contribution in [0.2, 0.25) is 0 Å². The SMILES string of the molecule is C[C@H]1OCCN[C@@H]1C(=O)NCC1CCCCC1C(F)(F)F.Cl. The van der Waals surface area contributed by atoms with Crippen molar-refractivity contribution in [2.75, 3.05) is 19.7 Å². The molecule has 2 rings (SSSR count). The van der Waals surface area contributed by atoms with Crippen molar-refractivity contribution in [3.05, 3.63) is 0 Å². The van der Waals surface area contributed by atoms with E-state index in [1.54, 1.807) is 6.92 Å². The average Bonchev–Trinajstić information content (AvgIpc) is 2.44. The third-order valence-corrected chi connectivity index (χ3v) is 4.47. The number of carbonyl (C=O) groups excluding carboxylic acids is 1.